The van der Waals surface area contributed by atoms with Crippen LogP contribution in [0.5, 0.6) is 11.5 Å². The largest absolute Gasteiger partial charge is 0.508 e. The Bertz CT molecular complexity index is 632. The van der Waals surface area contributed by atoms with E-state index in [2.05, 4.69) is 6.58 Å². The number of carbonyl (C=O) groups excluding carboxylic acids is 1. The lowest BCUT2D eigenvalue weighted by Crippen LogP contribution is -2.09. The van der Waals surface area contributed by atoms with Crippen LogP contribution in [0.1, 0.15) is 15.9 Å². The van der Waals surface area contributed by atoms with Gasteiger partial charge in [0.15, 0.2) is 0 Å². The Morgan fingerprint density at radius 3 is 2.21 bits per heavy atom. The average molecular weight is 256 g/mol. The zero-order chi connectivity index (χ0) is 13.8. The molecule has 0 saturated heterocycles. The van der Waals surface area contributed by atoms with Crippen LogP contribution in [0.4, 0.5) is 0 Å². The summed E-state index contributed by atoms with van der Waals surface area (Å²) in [6, 6.07) is 12.5. The first kappa shape index (κ1) is 12.7. The normalized spacial score (nSPS) is 9.89. The van der Waals surface area contributed by atoms with Crippen molar-refractivity contribution in [3.63, 3.8) is 0 Å². The molecule has 0 amide bonds. The van der Waals surface area contributed by atoms with Crippen LogP contribution in [0, 0.1) is 0 Å². The number of hydrogen-bond acceptors (Lipinski definition) is 4. The average Bonchev–Trinajstić information content (AvgIpc) is 2.39. The van der Waals surface area contributed by atoms with Crippen LogP contribution in [0.25, 0.3) is 5.76 Å². The van der Waals surface area contributed by atoms with Crippen molar-refractivity contribution in [1.29, 1.82) is 0 Å². The Kier molecular flexibility index (Phi) is 3.52. The third-order valence-corrected chi connectivity index (χ3v) is 2.52. The number of phenols is 1. The monoisotopic (exact) mass is 256 g/mol. The molecular weight excluding hydrogens is 244 g/mol. The van der Waals surface area contributed by atoms with Gasteiger partial charge in [-0.05, 0) is 24.3 Å². The second-order valence-electron chi connectivity index (χ2n) is 3.85. The van der Waals surface area contributed by atoms with Crippen molar-refractivity contribution in [2.75, 3.05) is 0 Å². The topological polar surface area (TPSA) is 66.8 Å². The quantitative estimate of drug-likeness (QED) is 0.503. The molecule has 0 unspecified atom stereocenters. The molecule has 0 spiro atoms. The second-order valence-corrected chi connectivity index (χ2v) is 3.85. The molecule has 19 heavy (non-hydrogen) atoms. The first-order valence-corrected chi connectivity index (χ1v) is 5.57. The van der Waals surface area contributed by atoms with Crippen LogP contribution in [-0.4, -0.2) is 16.2 Å². The van der Waals surface area contributed by atoms with Gasteiger partial charge in [-0.15, -0.1) is 0 Å². The molecule has 0 heterocycles. The summed E-state index contributed by atoms with van der Waals surface area (Å²) in [5.74, 6) is -0.872. The Morgan fingerprint density at radius 1 is 1.00 bits per heavy atom. The van der Waals surface area contributed by atoms with Gasteiger partial charge in [0.25, 0.3) is 0 Å². The molecule has 0 aliphatic rings. The van der Waals surface area contributed by atoms with E-state index in [0.717, 1.165) is 0 Å². The molecule has 0 fully saturated rings. The fourth-order valence-corrected chi connectivity index (χ4v) is 1.60. The molecule has 2 aromatic carbocycles. The van der Waals surface area contributed by atoms with Crippen LogP contribution in [-0.2, 0) is 0 Å². The lowest BCUT2D eigenvalue weighted by Gasteiger charge is -2.09. The summed E-state index contributed by atoms with van der Waals surface area (Å²) in [4.78, 5) is 11.9. The van der Waals surface area contributed by atoms with Gasteiger partial charge in [0, 0.05) is 0 Å². The highest BCUT2D eigenvalue weighted by molar-refractivity contribution is 5.94. The van der Waals surface area contributed by atoms with E-state index < -0.39 is 5.97 Å². The summed E-state index contributed by atoms with van der Waals surface area (Å²) >= 11 is 0. The van der Waals surface area contributed by atoms with Crippen LogP contribution in [0.2, 0.25) is 0 Å². The van der Waals surface area contributed by atoms with Gasteiger partial charge in [0.2, 0.25) is 0 Å². The minimum Gasteiger partial charge on any atom is -0.508 e. The number of ether oxygens (including phenoxy) is 1. The molecule has 4 heteroatoms. The summed E-state index contributed by atoms with van der Waals surface area (Å²) in [5.41, 5.74) is 0.382. The SMILES string of the molecule is C=C(O)c1ccccc1OC(=O)c1ccccc1O. The van der Waals surface area contributed by atoms with Crippen molar-refractivity contribution in [2.45, 2.75) is 0 Å². The predicted octanol–water partition coefficient (Wildman–Crippen LogP) is 3.14. The molecule has 0 aromatic heterocycles. The number of phenolic OH excluding ortho intramolecular Hbond substituents is 1. The Labute approximate surface area is 110 Å². The van der Waals surface area contributed by atoms with Crippen LogP contribution < -0.4 is 4.74 Å². The van der Waals surface area contributed by atoms with Gasteiger partial charge in [0.05, 0.1) is 5.56 Å². The summed E-state index contributed by atoms with van der Waals surface area (Å²) < 4.78 is 5.15. The third kappa shape index (κ3) is 2.74. The molecule has 2 N–H and O–H groups in total. The van der Waals surface area contributed by atoms with Gasteiger partial charge in [-0.1, -0.05) is 30.8 Å². The lowest BCUT2D eigenvalue weighted by atomic mass is 10.1. The number of aliphatic hydroxyl groups is 1. The summed E-state index contributed by atoms with van der Waals surface area (Å²) in [6.45, 7) is 3.40. The van der Waals surface area contributed by atoms with Gasteiger partial charge < -0.3 is 14.9 Å². The van der Waals surface area contributed by atoms with Crippen molar-refractivity contribution in [3.8, 4) is 11.5 Å². The van der Waals surface area contributed by atoms with Gasteiger partial charge in [-0.2, -0.15) is 0 Å². The van der Waals surface area contributed by atoms with E-state index in [1.807, 2.05) is 0 Å². The van der Waals surface area contributed by atoms with Gasteiger partial charge in [0.1, 0.15) is 22.8 Å². The van der Waals surface area contributed by atoms with Crippen LogP contribution >= 0.6 is 0 Å². The van der Waals surface area contributed by atoms with E-state index in [1.165, 1.54) is 18.2 Å². The molecular formula is C15H12O4. The maximum atomic E-state index is 11.9. The van der Waals surface area contributed by atoms with E-state index in [1.54, 1.807) is 30.3 Å². The Hall–Kier alpha value is -2.75. The molecule has 4 nitrogen and oxygen atoms in total. The fraction of sp³-hybridized carbons (Fsp3) is 0. The highest BCUT2D eigenvalue weighted by atomic mass is 16.5. The van der Waals surface area contributed by atoms with Gasteiger partial charge in [-0.3, -0.25) is 0 Å². The van der Waals surface area contributed by atoms with Crippen molar-refractivity contribution < 1.29 is 19.7 Å². The molecule has 0 bridgehead atoms. The minimum atomic E-state index is -0.702. The van der Waals surface area contributed by atoms with Crippen molar-refractivity contribution in [3.05, 3.63) is 66.2 Å². The maximum Gasteiger partial charge on any atom is 0.347 e. The summed E-state index contributed by atoms with van der Waals surface area (Å²) in [6.07, 6.45) is 0. The molecule has 0 aliphatic carbocycles. The predicted molar refractivity (Wildman–Crippen MR) is 71.2 cm³/mol. The smallest absolute Gasteiger partial charge is 0.347 e. The van der Waals surface area contributed by atoms with E-state index in [-0.39, 0.29) is 22.8 Å². The number of esters is 1. The number of hydrogen-bond donors (Lipinski definition) is 2. The number of aromatic hydroxyl groups is 1. The molecule has 0 radical (unpaired) electrons. The highest BCUT2D eigenvalue weighted by Crippen LogP contribution is 2.25. The highest BCUT2D eigenvalue weighted by Gasteiger charge is 2.15. The number of rotatable bonds is 3. The number of carbonyl (C=O) groups is 1. The maximum absolute atomic E-state index is 11.9. The van der Waals surface area contributed by atoms with Crippen molar-refractivity contribution in [2.24, 2.45) is 0 Å². The van der Waals surface area contributed by atoms with Crippen LogP contribution in [0.15, 0.2) is 55.1 Å². The van der Waals surface area contributed by atoms with Gasteiger partial charge >= 0.3 is 5.97 Å². The molecule has 2 aromatic rings. The first-order chi connectivity index (χ1) is 9.09. The zero-order valence-corrected chi connectivity index (χ0v) is 10.0. The van der Waals surface area contributed by atoms with E-state index in [9.17, 15) is 15.0 Å². The van der Waals surface area contributed by atoms with Crippen molar-refractivity contribution in [1.82, 2.24) is 0 Å². The first-order valence-electron chi connectivity index (χ1n) is 5.57. The molecule has 0 saturated carbocycles. The molecule has 0 aliphatic heterocycles. The third-order valence-electron chi connectivity index (χ3n) is 2.52. The summed E-state index contributed by atoms with van der Waals surface area (Å²) in [7, 11) is 0. The van der Waals surface area contributed by atoms with E-state index in [0.29, 0.717) is 5.56 Å². The zero-order valence-electron chi connectivity index (χ0n) is 10.0. The molecule has 0 atom stereocenters. The molecule has 2 rings (SSSR count). The molecule has 96 valence electrons. The van der Waals surface area contributed by atoms with Crippen LogP contribution in [0.3, 0.4) is 0 Å². The second kappa shape index (κ2) is 5.27. The Morgan fingerprint density at radius 2 is 1.58 bits per heavy atom. The lowest BCUT2D eigenvalue weighted by molar-refractivity contribution is 0.0731. The standard InChI is InChI=1S/C15H12O4/c1-10(16)11-6-3-5-9-14(11)19-15(18)12-7-2-4-8-13(12)17/h2-9,16-17H,1H2. The summed E-state index contributed by atoms with van der Waals surface area (Å²) in [5, 5.41) is 19.0. The van der Waals surface area contributed by atoms with E-state index in [4.69, 9.17) is 4.74 Å². The van der Waals surface area contributed by atoms with Crippen molar-refractivity contribution >= 4 is 11.7 Å². The number of benzene rings is 2. The fourth-order valence-electron chi connectivity index (χ4n) is 1.60. The Balaban J connectivity index is 2.30. The number of para-hydroxylation sites is 2. The van der Waals surface area contributed by atoms with Gasteiger partial charge in [-0.25, -0.2) is 4.79 Å². The minimum absolute atomic E-state index is 0.0563. The van der Waals surface area contributed by atoms with E-state index >= 15 is 0 Å². The number of aliphatic hydroxyl groups excluding tert-OH is 1.